The molecule has 1 aromatic carbocycles. The normalized spacial score (nSPS) is 19.1. The number of hydrogen-bond donors (Lipinski definition) is 0. The van der Waals surface area contributed by atoms with Gasteiger partial charge in [0.05, 0.1) is 6.04 Å². The second-order valence-corrected chi connectivity index (χ2v) is 4.03. The molecule has 0 saturated heterocycles. The Labute approximate surface area is 88.8 Å². The van der Waals surface area contributed by atoms with Crippen molar-refractivity contribution < 1.29 is 0 Å². The molecule has 0 aliphatic carbocycles. The van der Waals surface area contributed by atoms with Crippen molar-refractivity contribution in [1.29, 1.82) is 0 Å². The molecule has 76 valence electrons. The van der Waals surface area contributed by atoms with Gasteiger partial charge in [0.2, 0.25) is 0 Å². The highest BCUT2D eigenvalue weighted by Gasteiger charge is 2.25. The Hall–Kier alpha value is -1.64. The number of benzene rings is 1. The van der Waals surface area contributed by atoms with E-state index in [1.807, 2.05) is 0 Å². The van der Waals surface area contributed by atoms with Gasteiger partial charge in [0.25, 0.3) is 0 Å². The first-order valence-corrected chi connectivity index (χ1v) is 5.30. The second kappa shape index (κ2) is 3.19. The lowest BCUT2D eigenvalue weighted by atomic mass is 10.00. The number of aryl methyl sites for hydroxylation is 2. The number of hydrogen-bond acceptors (Lipinski definition) is 2. The van der Waals surface area contributed by atoms with Crippen molar-refractivity contribution in [3.05, 3.63) is 47.5 Å². The molecule has 1 atom stereocenters. The summed E-state index contributed by atoms with van der Waals surface area (Å²) in [5.41, 5.74) is 2.72. The van der Waals surface area contributed by atoms with Crippen molar-refractivity contribution >= 4 is 0 Å². The molecular weight excluding hydrogens is 186 g/mol. The van der Waals surface area contributed by atoms with Gasteiger partial charge in [-0.25, -0.2) is 9.67 Å². The maximum atomic E-state index is 4.30. The average molecular weight is 199 g/mol. The van der Waals surface area contributed by atoms with E-state index in [0.717, 1.165) is 18.7 Å². The van der Waals surface area contributed by atoms with E-state index in [9.17, 15) is 0 Å². The summed E-state index contributed by atoms with van der Waals surface area (Å²) in [6.45, 7) is 2.16. The van der Waals surface area contributed by atoms with Crippen LogP contribution in [0.15, 0.2) is 30.6 Å². The predicted molar refractivity (Wildman–Crippen MR) is 57.7 cm³/mol. The molecule has 1 aliphatic heterocycles. The van der Waals surface area contributed by atoms with Gasteiger partial charge >= 0.3 is 0 Å². The molecule has 0 radical (unpaired) electrons. The van der Waals surface area contributed by atoms with Crippen LogP contribution in [-0.4, -0.2) is 14.8 Å². The third-order valence-corrected chi connectivity index (χ3v) is 3.13. The van der Waals surface area contributed by atoms with Crippen molar-refractivity contribution in [2.45, 2.75) is 25.8 Å². The van der Waals surface area contributed by atoms with Crippen molar-refractivity contribution in [2.24, 2.45) is 0 Å². The van der Waals surface area contributed by atoms with Crippen LogP contribution in [0.1, 0.15) is 29.4 Å². The van der Waals surface area contributed by atoms with E-state index in [2.05, 4.69) is 46.0 Å². The Balaban J connectivity index is 2.08. The average Bonchev–Trinajstić information content (AvgIpc) is 2.80. The summed E-state index contributed by atoms with van der Waals surface area (Å²) in [4.78, 5) is 4.25. The third kappa shape index (κ3) is 1.27. The molecule has 15 heavy (non-hydrogen) atoms. The minimum Gasteiger partial charge on any atom is -0.243 e. The third-order valence-electron chi connectivity index (χ3n) is 3.13. The van der Waals surface area contributed by atoms with Crippen molar-refractivity contribution in [3.63, 3.8) is 0 Å². The Kier molecular flexibility index (Phi) is 1.84. The first-order chi connectivity index (χ1) is 7.36. The van der Waals surface area contributed by atoms with Crippen LogP contribution in [0.3, 0.4) is 0 Å². The van der Waals surface area contributed by atoms with Crippen molar-refractivity contribution in [2.75, 3.05) is 0 Å². The van der Waals surface area contributed by atoms with E-state index >= 15 is 0 Å². The van der Waals surface area contributed by atoms with E-state index in [1.165, 1.54) is 11.1 Å². The van der Waals surface area contributed by atoms with E-state index in [4.69, 9.17) is 0 Å². The van der Waals surface area contributed by atoms with Crippen LogP contribution >= 0.6 is 0 Å². The smallest absolute Gasteiger partial charge is 0.138 e. The summed E-state index contributed by atoms with van der Waals surface area (Å²) >= 11 is 0. The molecule has 0 bridgehead atoms. The van der Waals surface area contributed by atoms with Gasteiger partial charge in [-0.3, -0.25) is 0 Å². The van der Waals surface area contributed by atoms with Crippen LogP contribution in [0.2, 0.25) is 0 Å². The molecule has 3 nitrogen and oxygen atoms in total. The summed E-state index contributed by atoms with van der Waals surface area (Å²) in [5, 5.41) is 4.30. The second-order valence-electron chi connectivity index (χ2n) is 4.03. The van der Waals surface area contributed by atoms with Crippen LogP contribution < -0.4 is 0 Å². The molecule has 1 aromatic heterocycles. The molecule has 0 spiro atoms. The van der Waals surface area contributed by atoms with Gasteiger partial charge in [-0.2, -0.15) is 5.10 Å². The highest BCUT2D eigenvalue weighted by molar-refractivity contribution is 5.30. The van der Waals surface area contributed by atoms with Crippen LogP contribution in [0.4, 0.5) is 0 Å². The minimum atomic E-state index is 0.392. The van der Waals surface area contributed by atoms with Crippen LogP contribution in [0, 0.1) is 6.92 Å². The number of fused-ring (bicyclic) bond motifs is 1. The van der Waals surface area contributed by atoms with E-state index < -0.39 is 0 Å². The highest BCUT2D eigenvalue weighted by Crippen LogP contribution is 2.31. The van der Waals surface area contributed by atoms with E-state index in [1.54, 1.807) is 6.33 Å². The Morgan fingerprint density at radius 1 is 1.33 bits per heavy atom. The fourth-order valence-corrected chi connectivity index (χ4v) is 2.35. The van der Waals surface area contributed by atoms with Crippen molar-refractivity contribution in [1.82, 2.24) is 14.8 Å². The molecule has 0 saturated carbocycles. The summed E-state index contributed by atoms with van der Waals surface area (Å²) in [6.07, 6.45) is 3.82. The minimum absolute atomic E-state index is 0.392. The lowest BCUT2D eigenvalue weighted by molar-refractivity contribution is 0.552. The van der Waals surface area contributed by atoms with Gasteiger partial charge in [0.1, 0.15) is 12.2 Å². The monoisotopic (exact) mass is 199 g/mol. The first kappa shape index (κ1) is 8.65. The molecule has 3 heteroatoms. The predicted octanol–water partition coefficient (Wildman–Crippen LogP) is 2.12. The molecule has 1 aliphatic rings. The SMILES string of the molecule is Cc1ccccc1C1CCc2ncnn21. The molecular formula is C12H13N3. The topological polar surface area (TPSA) is 30.7 Å². The summed E-state index contributed by atoms with van der Waals surface area (Å²) < 4.78 is 2.06. The lowest BCUT2D eigenvalue weighted by Gasteiger charge is -2.14. The van der Waals surface area contributed by atoms with Gasteiger partial charge in [0.15, 0.2) is 0 Å². The molecule has 3 rings (SSSR count). The number of nitrogens with zero attached hydrogens (tertiary/aromatic N) is 3. The van der Waals surface area contributed by atoms with Gasteiger partial charge < -0.3 is 0 Å². The zero-order chi connectivity index (χ0) is 10.3. The fraction of sp³-hybridized carbons (Fsp3) is 0.333. The number of rotatable bonds is 1. The largest absolute Gasteiger partial charge is 0.243 e. The van der Waals surface area contributed by atoms with Gasteiger partial charge in [-0.05, 0) is 24.5 Å². The molecule has 0 fully saturated rings. The quantitative estimate of drug-likeness (QED) is 0.704. The Morgan fingerprint density at radius 3 is 3.07 bits per heavy atom. The summed E-state index contributed by atoms with van der Waals surface area (Å²) in [6, 6.07) is 8.91. The zero-order valence-corrected chi connectivity index (χ0v) is 8.72. The van der Waals surface area contributed by atoms with E-state index in [-0.39, 0.29) is 0 Å². The van der Waals surface area contributed by atoms with Crippen LogP contribution in [0.25, 0.3) is 0 Å². The maximum absolute atomic E-state index is 4.30. The zero-order valence-electron chi connectivity index (χ0n) is 8.72. The van der Waals surface area contributed by atoms with E-state index in [0.29, 0.717) is 6.04 Å². The number of aromatic nitrogens is 3. The maximum Gasteiger partial charge on any atom is 0.138 e. The molecule has 2 aromatic rings. The first-order valence-electron chi connectivity index (χ1n) is 5.30. The van der Waals surface area contributed by atoms with Crippen molar-refractivity contribution in [3.8, 4) is 0 Å². The van der Waals surface area contributed by atoms with Gasteiger partial charge in [-0.1, -0.05) is 24.3 Å². The van der Waals surface area contributed by atoms with Gasteiger partial charge in [-0.15, -0.1) is 0 Å². The summed E-state index contributed by atoms with van der Waals surface area (Å²) in [5.74, 6) is 1.11. The highest BCUT2D eigenvalue weighted by atomic mass is 15.4. The van der Waals surface area contributed by atoms with Crippen LogP contribution in [-0.2, 0) is 6.42 Å². The lowest BCUT2D eigenvalue weighted by Crippen LogP contribution is -2.08. The summed E-state index contributed by atoms with van der Waals surface area (Å²) in [7, 11) is 0. The fourth-order valence-electron chi connectivity index (χ4n) is 2.35. The van der Waals surface area contributed by atoms with Gasteiger partial charge in [0, 0.05) is 6.42 Å². The molecule has 1 unspecified atom stereocenters. The van der Waals surface area contributed by atoms with Crippen LogP contribution in [0.5, 0.6) is 0 Å². The molecule has 0 amide bonds. The standard InChI is InChI=1S/C12H13N3/c1-9-4-2-3-5-10(9)11-6-7-12-13-8-14-15(11)12/h2-5,8,11H,6-7H2,1H3. The Bertz CT molecular complexity index is 487. The Morgan fingerprint density at radius 2 is 2.20 bits per heavy atom. The molecule has 0 N–H and O–H groups in total. The molecule has 2 heterocycles.